The van der Waals surface area contributed by atoms with Gasteiger partial charge in [-0.1, -0.05) is 24.7 Å². The van der Waals surface area contributed by atoms with E-state index in [0.717, 1.165) is 4.68 Å². The van der Waals surface area contributed by atoms with Crippen LogP contribution >= 0.6 is 0 Å². The fourth-order valence-corrected chi connectivity index (χ4v) is 1.79. The average Bonchev–Trinajstić information content (AvgIpc) is 3.14. The molecule has 1 atom stereocenters. The smallest absolute Gasteiger partial charge is 0.397 e. The maximum absolute atomic E-state index is 14.6. The molecule has 2 aromatic rings. The van der Waals surface area contributed by atoms with Gasteiger partial charge in [-0.15, -0.1) is 0 Å². The van der Waals surface area contributed by atoms with Gasteiger partial charge in [0.2, 0.25) is 6.30 Å². The second-order valence-electron chi connectivity index (χ2n) is 4.89. The monoisotopic (exact) mass is 354 g/mol. The summed E-state index contributed by atoms with van der Waals surface area (Å²) in [7, 11) is 0. The molecule has 0 fully saturated rings. The molecule has 0 N–H and O–H groups in total. The van der Waals surface area contributed by atoms with Crippen LogP contribution in [0, 0.1) is 0 Å². The number of aromatic nitrogens is 3. The molecule has 2 rings (SSSR count). The first-order chi connectivity index (χ1) is 12.0. The van der Waals surface area contributed by atoms with Crippen LogP contribution in [0.5, 0.6) is 5.75 Å². The van der Waals surface area contributed by atoms with E-state index in [0.29, 0.717) is 5.56 Å². The third-order valence-electron chi connectivity index (χ3n) is 3.08. The van der Waals surface area contributed by atoms with Crippen molar-refractivity contribution < 1.29 is 22.7 Å². The average molecular weight is 354 g/mol. The van der Waals surface area contributed by atoms with Crippen LogP contribution in [-0.2, 0) is 4.84 Å². The third-order valence-corrected chi connectivity index (χ3v) is 3.08. The molecule has 1 unspecified atom stereocenters. The van der Waals surface area contributed by atoms with Crippen LogP contribution in [0.4, 0.5) is 13.2 Å². The van der Waals surface area contributed by atoms with Gasteiger partial charge in [0, 0.05) is 12.0 Å². The molecule has 0 amide bonds. The summed E-state index contributed by atoms with van der Waals surface area (Å²) in [6.45, 7) is 4.86. The molecule has 134 valence electrons. The first-order valence-corrected chi connectivity index (χ1v) is 7.43. The Bertz CT molecular complexity index is 703. The summed E-state index contributed by atoms with van der Waals surface area (Å²) < 4.78 is 46.7. The van der Waals surface area contributed by atoms with Crippen LogP contribution in [0.15, 0.2) is 54.7 Å². The number of hydrogen-bond acceptors (Lipinski definition) is 5. The predicted octanol–water partition coefficient (Wildman–Crippen LogP) is 3.73. The normalized spacial score (nSPS) is 13.4. The Labute approximate surface area is 142 Å². The number of benzene rings is 1. The molecule has 0 bridgehead atoms. The van der Waals surface area contributed by atoms with Gasteiger partial charge in [0.05, 0.1) is 0 Å². The zero-order chi connectivity index (χ0) is 18.3. The van der Waals surface area contributed by atoms with E-state index in [-0.39, 0.29) is 18.1 Å². The number of hydrogen-bond donors (Lipinski definition) is 0. The standard InChI is InChI=1S/C16H17F3N4O2/c1-3-9-24-22-14(15(17)23-11-20-10-21-23)12-5-7-13(8-6-12)25-16(18,19)4-2/h3,5-8,10-11,15H,1,4,9H2,2H3. The summed E-state index contributed by atoms with van der Waals surface area (Å²) in [5.74, 6) is -0.0434. The Morgan fingerprint density at radius 3 is 2.68 bits per heavy atom. The van der Waals surface area contributed by atoms with Crippen LogP contribution < -0.4 is 4.74 Å². The highest BCUT2D eigenvalue weighted by Crippen LogP contribution is 2.25. The third kappa shape index (κ3) is 5.07. The Kier molecular flexibility index (Phi) is 6.15. The van der Waals surface area contributed by atoms with Crippen molar-refractivity contribution >= 4 is 5.71 Å². The van der Waals surface area contributed by atoms with Crippen molar-refractivity contribution in [3.05, 3.63) is 55.1 Å². The molecule has 0 spiro atoms. The van der Waals surface area contributed by atoms with Crippen molar-refractivity contribution in [1.82, 2.24) is 14.8 Å². The van der Waals surface area contributed by atoms with E-state index < -0.39 is 18.8 Å². The van der Waals surface area contributed by atoms with Gasteiger partial charge in [0.25, 0.3) is 0 Å². The lowest BCUT2D eigenvalue weighted by atomic mass is 10.1. The lowest BCUT2D eigenvalue weighted by Gasteiger charge is -2.16. The topological polar surface area (TPSA) is 61.5 Å². The minimum Gasteiger partial charge on any atom is -0.433 e. The van der Waals surface area contributed by atoms with Gasteiger partial charge in [-0.05, 0) is 24.3 Å². The van der Waals surface area contributed by atoms with E-state index in [1.807, 2.05) is 0 Å². The summed E-state index contributed by atoms with van der Waals surface area (Å²) in [5, 5.41) is 7.47. The Morgan fingerprint density at radius 2 is 2.12 bits per heavy atom. The van der Waals surface area contributed by atoms with Crippen LogP contribution in [0.25, 0.3) is 0 Å². The van der Waals surface area contributed by atoms with Crippen LogP contribution in [0.1, 0.15) is 25.2 Å². The van der Waals surface area contributed by atoms with Gasteiger partial charge < -0.3 is 9.57 Å². The molecular formula is C16H17F3N4O2. The number of rotatable bonds is 9. The van der Waals surface area contributed by atoms with Crippen LogP contribution in [0.3, 0.4) is 0 Å². The second-order valence-corrected chi connectivity index (χ2v) is 4.89. The van der Waals surface area contributed by atoms with Crippen molar-refractivity contribution in [3.8, 4) is 5.75 Å². The van der Waals surface area contributed by atoms with Crippen LogP contribution in [0.2, 0.25) is 0 Å². The molecular weight excluding hydrogens is 337 g/mol. The van der Waals surface area contributed by atoms with Gasteiger partial charge in [0.15, 0.2) is 0 Å². The number of oxime groups is 1. The Balaban J connectivity index is 2.25. The fraction of sp³-hybridized carbons (Fsp3) is 0.312. The molecule has 1 aromatic carbocycles. The van der Waals surface area contributed by atoms with E-state index in [1.165, 1.54) is 49.9 Å². The zero-order valence-electron chi connectivity index (χ0n) is 13.5. The zero-order valence-corrected chi connectivity index (χ0v) is 13.5. The van der Waals surface area contributed by atoms with Gasteiger partial charge >= 0.3 is 6.11 Å². The Morgan fingerprint density at radius 1 is 1.40 bits per heavy atom. The maximum Gasteiger partial charge on any atom is 0.397 e. The van der Waals surface area contributed by atoms with E-state index >= 15 is 0 Å². The molecule has 0 saturated heterocycles. The summed E-state index contributed by atoms with van der Waals surface area (Å²) in [5.41, 5.74) is 0.223. The van der Waals surface area contributed by atoms with Crippen molar-refractivity contribution in [1.29, 1.82) is 0 Å². The number of ether oxygens (including phenoxy) is 1. The Hall–Kier alpha value is -2.84. The lowest BCUT2D eigenvalue weighted by Crippen LogP contribution is -2.23. The summed E-state index contributed by atoms with van der Waals surface area (Å²) in [6, 6.07) is 5.41. The van der Waals surface area contributed by atoms with Crippen molar-refractivity contribution in [3.63, 3.8) is 0 Å². The van der Waals surface area contributed by atoms with Gasteiger partial charge in [-0.3, -0.25) is 0 Å². The van der Waals surface area contributed by atoms with E-state index in [4.69, 9.17) is 4.84 Å². The van der Waals surface area contributed by atoms with E-state index in [2.05, 4.69) is 26.6 Å². The molecule has 6 nitrogen and oxygen atoms in total. The van der Waals surface area contributed by atoms with Crippen LogP contribution in [-0.4, -0.2) is 33.2 Å². The fourth-order valence-electron chi connectivity index (χ4n) is 1.79. The quantitative estimate of drug-likeness (QED) is 0.298. The van der Waals surface area contributed by atoms with E-state index in [9.17, 15) is 13.2 Å². The van der Waals surface area contributed by atoms with E-state index in [1.54, 1.807) is 0 Å². The highest BCUT2D eigenvalue weighted by Gasteiger charge is 2.28. The largest absolute Gasteiger partial charge is 0.433 e. The molecule has 1 aromatic heterocycles. The predicted molar refractivity (Wildman–Crippen MR) is 85.2 cm³/mol. The highest BCUT2D eigenvalue weighted by atomic mass is 19.3. The van der Waals surface area contributed by atoms with Gasteiger partial charge in [-0.2, -0.15) is 13.9 Å². The molecule has 0 aliphatic carbocycles. The van der Waals surface area contributed by atoms with Gasteiger partial charge in [0.1, 0.15) is 30.7 Å². The highest BCUT2D eigenvalue weighted by molar-refractivity contribution is 6.02. The lowest BCUT2D eigenvalue weighted by molar-refractivity contribution is -0.177. The molecule has 25 heavy (non-hydrogen) atoms. The molecule has 0 radical (unpaired) electrons. The molecule has 1 heterocycles. The number of nitrogens with zero attached hydrogens (tertiary/aromatic N) is 4. The SMILES string of the molecule is C=CCON=C(c1ccc(OC(F)(F)CC)cc1)C(F)n1cncn1. The van der Waals surface area contributed by atoms with Crippen molar-refractivity contribution in [2.75, 3.05) is 6.61 Å². The summed E-state index contributed by atoms with van der Waals surface area (Å²) in [4.78, 5) is 8.64. The summed E-state index contributed by atoms with van der Waals surface area (Å²) >= 11 is 0. The first-order valence-electron chi connectivity index (χ1n) is 7.43. The van der Waals surface area contributed by atoms with Crippen molar-refractivity contribution in [2.45, 2.75) is 25.7 Å². The maximum atomic E-state index is 14.6. The molecule has 0 aliphatic heterocycles. The number of alkyl halides is 3. The molecule has 9 heteroatoms. The first kappa shape index (κ1) is 18.5. The van der Waals surface area contributed by atoms with Gasteiger partial charge in [-0.25, -0.2) is 14.1 Å². The molecule has 0 saturated carbocycles. The summed E-state index contributed by atoms with van der Waals surface area (Å²) in [6.07, 6.45) is -1.68. The minimum absolute atomic E-state index is 0.0434. The number of halogens is 3. The molecule has 0 aliphatic rings. The minimum atomic E-state index is -3.27. The second kappa shape index (κ2) is 8.32. The van der Waals surface area contributed by atoms with Crippen molar-refractivity contribution in [2.24, 2.45) is 5.16 Å².